The zero-order valence-electron chi connectivity index (χ0n) is 12.1. The smallest absolute Gasteiger partial charge is 0.264 e. The van der Waals surface area contributed by atoms with E-state index in [0.29, 0.717) is 16.4 Å². The molecule has 0 spiro atoms. The van der Waals surface area contributed by atoms with Gasteiger partial charge in [-0.3, -0.25) is 9.78 Å². The minimum Gasteiger partial charge on any atom is -0.376 e. The predicted octanol–water partition coefficient (Wildman–Crippen LogP) is 3.59. The van der Waals surface area contributed by atoms with Crippen LogP contribution in [0.25, 0.3) is 10.2 Å². The Labute approximate surface area is 138 Å². The van der Waals surface area contributed by atoms with Crippen LogP contribution in [0.1, 0.15) is 28.9 Å². The normalized spacial score (nSPS) is 21.7. The number of thiophene rings is 1. The molecule has 3 heterocycles. The lowest BCUT2D eigenvalue weighted by atomic mass is 10.3. The van der Waals surface area contributed by atoms with Gasteiger partial charge in [-0.15, -0.1) is 11.3 Å². The van der Waals surface area contributed by atoms with Crippen molar-refractivity contribution in [2.45, 2.75) is 25.4 Å². The third-order valence-corrected chi connectivity index (χ3v) is 5.84. The minimum absolute atomic E-state index is 0.0663. The average molecular weight is 337 g/mol. The maximum atomic E-state index is 12.6. The van der Waals surface area contributed by atoms with Gasteiger partial charge in [0.2, 0.25) is 0 Å². The van der Waals surface area contributed by atoms with Crippen molar-refractivity contribution in [3.8, 4) is 0 Å². The molecule has 1 saturated carbocycles. The SMILES string of the molecule is O=C(c1cc2nccc(Cl)c2s1)N1CC[C@@H](OCC2CC2)C1. The van der Waals surface area contributed by atoms with Crippen molar-refractivity contribution >= 4 is 39.1 Å². The van der Waals surface area contributed by atoms with E-state index in [-0.39, 0.29) is 12.0 Å². The van der Waals surface area contributed by atoms with Gasteiger partial charge in [0, 0.05) is 25.9 Å². The molecule has 6 heteroatoms. The molecule has 1 aliphatic heterocycles. The lowest BCUT2D eigenvalue weighted by Gasteiger charge is -2.15. The molecule has 0 radical (unpaired) electrons. The Kier molecular flexibility index (Phi) is 3.80. The highest BCUT2D eigenvalue weighted by Gasteiger charge is 2.30. The molecular weight excluding hydrogens is 320 g/mol. The van der Waals surface area contributed by atoms with Crippen molar-refractivity contribution in [3.63, 3.8) is 0 Å². The molecule has 4 nitrogen and oxygen atoms in total. The summed E-state index contributed by atoms with van der Waals surface area (Å²) in [5.41, 5.74) is 0.793. The number of nitrogens with zero attached hydrogens (tertiary/aromatic N) is 2. The molecule has 2 aromatic heterocycles. The van der Waals surface area contributed by atoms with Gasteiger partial charge in [-0.2, -0.15) is 0 Å². The first-order valence-electron chi connectivity index (χ1n) is 7.65. The van der Waals surface area contributed by atoms with Crippen molar-refractivity contribution in [2.24, 2.45) is 5.92 Å². The van der Waals surface area contributed by atoms with E-state index in [4.69, 9.17) is 16.3 Å². The van der Waals surface area contributed by atoms with Crippen LogP contribution in [0.2, 0.25) is 5.02 Å². The summed E-state index contributed by atoms with van der Waals surface area (Å²) in [6.45, 7) is 2.32. The van der Waals surface area contributed by atoms with Crippen molar-refractivity contribution in [1.29, 1.82) is 0 Å². The first kappa shape index (κ1) is 14.4. The van der Waals surface area contributed by atoms with Crippen molar-refractivity contribution in [2.75, 3.05) is 19.7 Å². The lowest BCUT2D eigenvalue weighted by molar-refractivity contribution is 0.0482. The van der Waals surface area contributed by atoms with E-state index in [1.54, 1.807) is 12.3 Å². The quantitative estimate of drug-likeness (QED) is 0.856. The summed E-state index contributed by atoms with van der Waals surface area (Å²) >= 11 is 7.58. The Bertz CT molecular complexity index is 713. The number of carbonyl (C=O) groups excluding carboxylic acids is 1. The fourth-order valence-electron chi connectivity index (χ4n) is 2.77. The third kappa shape index (κ3) is 2.85. The van der Waals surface area contributed by atoms with E-state index in [9.17, 15) is 4.79 Å². The summed E-state index contributed by atoms with van der Waals surface area (Å²) in [6, 6.07) is 3.60. The second-order valence-electron chi connectivity index (χ2n) is 6.06. The molecule has 2 fully saturated rings. The van der Waals surface area contributed by atoms with E-state index < -0.39 is 0 Å². The summed E-state index contributed by atoms with van der Waals surface area (Å²) in [5, 5.41) is 0.654. The molecule has 1 atom stereocenters. The number of pyridine rings is 1. The number of ether oxygens (including phenoxy) is 1. The van der Waals surface area contributed by atoms with Gasteiger partial charge in [0.05, 0.1) is 26.2 Å². The summed E-state index contributed by atoms with van der Waals surface area (Å²) < 4.78 is 6.78. The second kappa shape index (κ2) is 5.80. The Balaban J connectivity index is 1.45. The number of halogens is 1. The summed E-state index contributed by atoms with van der Waals surface area (Å²) in [7, 11) is 0. The molecular formula is C16H17ClN2O2S. The molecule has 0 unspecified atom stereocenters. The molecule has 116 valence electrons. The number of carbonyl (C=O) groups is 1. The van der Waals surface area contributed by atoms with Crippen molar-refractivity contribution in [1.82, 2.24) is 9.88 Å². The molecule has 0 aromatic carbocycles. The van der Waals surface area contributed by atoms with Crippen LogP contribution in [-0.4, -0.2) is 41.6 Å². The van der Waals surface area contributed by atoms with Gasteiger partial charge in [-0.1, -0.05) is 11.6 Å². The van der Waals surface area contributed by atoms with Gasteiger partial charge in [0.25, 0.3) is 5.91 Å². The first-order valence-corrected chi connectivity index (χ1v) is 8.85. The molecule has 1 amide bonds. The van der Waals surface area contributed by atoms with E-state index in [0.717, 1.165) is 35.7 Å². The summed E-state index contributed by atoms with van der Waals surface area (Å²) in [5.74, 6) is 0.831. The minimum atomic E-state index is 0.0663. The molecule has 0 N–H and O–H groups in total. The molecule has 4 rings (SSSR count). The van der Waals surface area contributed by atoms with Crippen LogP contribution in [0.15, 0.2) is 18.3 Å². The number of hydrogen-bond donors (Lipinski definition) is 0. The van der Waals surface area contributed by atoms with Gasteiger partial charge in [-0.05, 0) is 37.3 Å². The van der Waals surface area contributed by atoms with E-state index in [1.807, 2.05) is 11.0 Å². The topological polar surface area (TPSA) is 42.4 Å². The summed E-state index contributed by atoms with van der Waals surface area (Å²) in [4.78, 5) is 19.5. The monoisotopic (exact) mass is 336 g/mol. The number of hydrogen-bond acceptors (Lipinski definition) is 4. The second-order valence-corrected chi connectivity index (χ2v) is 7.52. The molecule has 2 aromatic rings. The summed E-state index contributed by atoms with van der Waals surface area (Å²) in [6.07, 6.45) is 5.39. The highest BCUT2D eigenvalue weighted by molar-refractivity contribution is 7.21. The van der Waals surface area contributed by atoms with Crippen LogP contribution >= 0.6 is 22.9 Å². The molecule has 0 bridgehead atoms. The number of rotatable bonds is 4. The highest BCUT2D eigenvalue weighted by Crippen LogP contribution is 2.32. The lowest BCUT2D eigenvalue weighted by Crippen LogP contribution is -2.29. The van der Waals surface area contributed by atoms with E-state index in [2.05, 4.69) is 4.98 Å². The van der Waals surface area contributed by atoms with Crippen LogP contribution in [0.4, 0.5) is 0 Å². The van der Waals surface area contributed by atoms with Crippen molar-refractivity contribution < 1.29 is 9.53 Å². The van der Waals surface area contributed by atoms with Gasteiger partial charge in [0.1, 0.15) is 0 Å². The van der Waals surface area contributed by atoms with Crippen LogP contribution in [0, 0.1) is 5.92 Å². The Morgan fingerprint density at radius 1 is 1.45 bits per heavy atom. The van der Waals surface area contributed by atoms with E-state index >= 15 is 0 Å². The van der Waals surface area contributed by atoms with Gasteiger partial charge >= 0.3 is 0 Å². The number of aromatic nitrogens is 1. The maximum absolute atomic E-state index is 12.6. The predicted molar refractivity (Wildman–Crippen MR) is 87.6 cm³/mol. The molecule has 2 aliphatic rings. The molecule has 22 heavy (non-hydrogen) atoms. The largest absolute Gasteiger partial charge is 0.376 e. The molecule has 1 saturated heterocycles. The van der Waals surface area contributed by atoms with Crippen LogP contribution in [-0.2, 0) is 4.74 Å². The Hall–Kier alpha value is -1.17. The zero-order chi connectivity index (χ0) is 15.1. The maximum Gasteiger partial charge on any atom is 0.264 e. The van der Waals surface area contributed by atoms with E-state index in [1.165, 1.54) is 24.2 Å². The van der Waals surface area contributed by atoms with Gasteiger partial charge in [0.15, 0.2) is 0 Å². The number of amides is 1. The average Bonchev–Trinajstić information content (AvgIpc) is 3.05. The van der Waals surface area contributed by atoms with Crippen LogP contribution in [0.3, 0.4) is 0 Å². The van der Waals surface area contributed by atoms with Crippen LogP contribution in [0.5, 0.6) is 0 Å². The number of fused-ring (bicyclic) bond motifs is 1. The first-order chi connectivity index (χ1) is 10.7. The Morgan fingerprint density at radius 3 is 3.09 bits per heavy atom. The number of likely N-dealkylation sites (tertiary alicyclic amines) is 1. The highest BCUT2D eigenvalue weighted by atomic mass is 35.5. The van der Waals surface area contributed by atoms with Gasteiger partial charge in [-0.25, -0.2) is 0 Å². The van der Waals surface area contributed by atoms with Crippen LogP contribution < -0.4 is 0 Å². The fraction of sp³-hybridized carbons (Fsp3) is 0.500. The zero-order valence-corrected chi connectivity index (χ0v) is 13.7. The fourth-order valence-corrected chi connectivity index (χ4v) is 4.03. The molecule has 1 aliphatic carbocycles. The van der Waals surface area contributed by atoms with Crippen molar-refractivity contribution in [3.05, 3.63) is 28.2 Å². The Morgan fingerprint density at radius 2 is 2.32 bits per heavy atom. The standard InChI is InChI=1S/C16H17ClN2O2S/c17-12-3-5-18-13-7-14(22-15(12)13)16(20)19-6-4-11(8-19)21-9-10-1-2-10/h3,5,7,10-11H,1-2,4,6,8-9H2/t11-/m1/s1. The third-order valence-electron chi connectivity index (χ3n) is 4.27. The van der Waals surface area contributed by atoms with Gasteiger partial charge < -0.3 is 9.64 Å².